The molecule has 1 fully saturated rings. The Morgan fingerprint density at radius 2 is 2.30 bits per heavy atom. The van der Waals surface area contributed by atoms with Crippen molar-refractivity contribution in [2.45, 2.75) is 38.6 Å². The number of hydrogen-bond donors (Lipinski definition) is 2. The van der Waals surface area contributed by atoms with E-state index in [0.29, 0.717) is 18.3 Å². The average Bonchev–Trinajstić information content (AvgIpc) is 2.43. The summed E-state index contributed by atoms with van der Waals surface area (Å²) in [6.07, 6.45) is 4.52. The number of carbonyl (C=O) groups is 1. The van der Waals surface area contributed by atoms with E-state index >= 15 is 0 Å². The topological polar surface area (TPSA) is 58.4 Å². The number of nitrogens with zero attached hydrogens (tertiary/aromatic N) is 1. The Morgan fingerprint density at radius 3 is 3.05 bits per heavy atom. The summed E-state index contributed by atoms with van der Waals surface area (Å²) in [4.78, 5) is 14.2. The molecule has 1 atom stereocenters. The highest BCUT2D eigenvalue weighted by Gasteiger charge is 2.22. The molecule has 0 spiro atoms. The summed E-state index contributed by atoms with van der Waals surface area (Å²) in [6.45, 7) is 3.39. The second-order valence-electron chi connectivity index (χ2n) is 5.32. The van der Waals surface area contributed by atoms with Gasteiger partial charge in [0.2, 0.25) is 5.91 Å². The van der Waals surface area contributed by atoms with E-state index in [2.05, 4.69) is 17.1 Å². The maximum absolute atomic E-state index is 13.6. The quantitative estimate of drug-likeness (QED) is 0.833. The molecule has 1 unspecified atom stereocenters. The van der Waals surface area contributed by atoms with Crippen LogP contribution in [0.15, 0.2) is 18.2 Å². The molecule has 110 valence electrons. The number of nitrogen functional groups attached to an aromatic ring is 1. The van der Waals surface area contributed by atoms with Crippen molar-refractivity contribution in [3.63, 3.8) is 0 Å². The summed E-state index contributed by atoms with van der Waals surface area (Å²) in [6, 6.07) is 4.64. The highest BCUT2D eigenvalue weighted by molar-refractivity contribution is 5.92. The fourth-order valence-electron chi connectivity index (χ4n) is 2.74. The van der Waals surface area contributed by atoms with Gasteiger partial charge >= 0.3 is 0 Å². The van der Waals surface area contributed by atoms with E-state index in [9.17, 15) is 9.18 Å². The van der Waals surface area contributed by atoms with Crippen LogP contribution in [0.4, 0.5) is 15.8 Å². The number of nitrogens with one attached hydrogen (secondary N) is 1. The lowest BCUT2D eigenvalue weighted by atomic mass is 10.00. The number of likely N-dealkylation sites (tertiary alicyclic amines) is 1. The lowest BCUT2D eigenvalue weighted by Crippen LogP contribution is -2.43. The van der Waals surface area contributed by atoms with E-state index in [0.717, 1.165) is 25.8 Å². The van der Waals surface area contributed by atoms with Gasteiger partial charge in [0.25, 0.3) is 0 Å². The number of carbonyl (C=O) groups excluding carboxylic acids is 1. The van der Waals surface area contributed by atoms with Crippen LogP contribution in [0.3, 0.4) is 0 Å². The van der Waals surface area contributed by atoms with E-state index in [1.807, 2.05) is 0 Å². The monoisotopic (exact) mass is 279 g/mol. The number of anilines is 2. The van der Waals surface area contributed by atoms with E-state index in [1.54, 1.807) is 0 Å². The summed E-state index contributed by atoms with van der Waals surface area (Å²) in [5.74, 6) is -0.645. The number of hydrogen-bond acceptors (Lipinski definition) is 3. The Balaban J connectivity index is 1.96. The van der Waals surface area contributed by atoms with E-state index in [-0.39, 0.29) is 11.6 Å². The molecule has 4 nitrogen and oxygen atoms in total. The number of piperidine rings is 1. The van der Waals surface area contributed by atoms with Gasteiger partial charge < -0.3 is 11.1 Å². The van der Waals surface area contributed by atoms with E-state index in [1.165, 1.54) is 24.6 Å². The number of amides is 1. The normalized spacial score (nSPS) is 19.8. The van der Waals surface area contributed by atoms with Crippen molar-refractivity contribution in [1.82, 2.24) is 4.90 Å². The molecule has 3 N–H and O–H groups in total. The summed E-state index contributed by atoms with van der Waals surface area (Å²) >= 11 is 0. The molecule has 1 aromatic carbocycles. The average molecular weight is 279 g/mol. The lowest BCUT2D eigenvalue weighted by molar-refractivity contribution is -0.118. The van der Waals surface area contributed by atoms with Gasteiger partial charge in [0, 0.05) is 11.7 Å². The summed E-state index contributed by atoms with van der Waals surface area (Å²) in [7, 11) is 0. The highest BCUT2D eigenvalue weighted by atomic mass is 19.1. The lowest BCUT2D eigenvalue weighted by Gasteiger charge is -2.34. The molecule has 1 aliphatic rings. The highest BCUT2D eigenvalue weighted by Crippen LogP contribution is 2.20. The first-order chi connectivity index (χ1) is 9.60. The zero-order valence-corrected chi connectivity index (χ0v) is 11.9. The van der Waals surface area contributed by atoms with Crippen molar-refractivity contribution in [2.24, 2.45) is 0 Å². The van der Waals surface area contributed by atoms with Gasteiger partial charge in [-0.2, -0.15) is 0 Å². The molecule has 2 rings (SSSR count). The first-order valence-corrected chi connectivity index (χ1v) is 7.19. The summed E-state index contributed by atoms with van der Waals surface area (Å²) in [5, 5.41) is 2.61. The molecule has 1 heterocycles. The molecule has 0 bridgehead atoms. The van der Waals surface area contributed by atoms with Gasteiger partial charge in [-0.1, -0.05) is 13.3 Å². The third-order valence-corrected chi connectivity index (χ3v) is 3.83. The van der Waals surface area contributed by atoms with Crippen molar-refractivity contribution in [1.29, 1.82) is 0 Å². The van der Waals surface area contributed by atoms with Crippen LogP contribution < -0.4 is 11.1 Å². The van der Waals surface area contributed by atoms with Crippen molar-refractivity contribution < 1.29 is 9.18 Å². The van der Waals surface area contributed by atoms with Crippen molar-refractivity contribution in [3.8, 4) is 0 Å². The summed E-state index contributed by atoms with van der Waals surface area (Å²) in [5.41, 5.74) is 6.19. The van der Waals surface area contributed by atoms with Crippen molar-refractivity contribution >= 4 is 17.3 Å². The minimum absolute atomic E-state index is 0.153. The van der Waals surface area contributed by atoms with Gasteiger partial charge in [0.1, 0.15) is 5.82 Å². The molecule has 0 saturated carbocycles. The summed E-state index contributed by atoms with van der Waals surface area (Å²) < 4.78 is 13.6. The van der Waals surface area contributed by atoms with Crippen LogP contribution in [0.5, 0.6) is 0 Å². The molecule has 0 aromatic heterocycles. The molecular weight excluding hydrogens is 257 g/mol. The van der Waals surface area contributed by atoms with E-state index < -0.39 is 5.82 Å². The molecule has 5 heteroatoms. The molecule has 0 radical (unpaired) electrons. The van der Waals surface area contributed by atoms with Crippen LogP contribution in [0, 0.1) is 5.82 Å². The Kier molecular flexibility index (Phi) is 4.95. The Hall–Kier alpha value is -1.62. The predicted octanol–water partition coefficient (Wildman–Crippen LogP) is 2.61. The third kappa shape index (κ3) is 3.70. The zero-order valence-electron chi connectivity index (χ0n) is 11.9. The molecule has 1 aliphatic heterocycles. The predicted molar refractivity (Wildman–Crippen MR) is 78.9 cm³/mol. The van der Waals surface area contributed by atoms with Gasteiger partial charge in [-0.25, -0.2) is 4.39 Å². The minimum Gasteiger partial charge on any atom is -0.399 e. The van der Waals surface area contributed by atoms with Crippen LogP contribution in [-0.2, 0) is 4.79 Å². The van der Waals surface area contributed by atoms with Crippen LogP contribution in [-0.4, -0.2) is 29.9 Å². The van der Waals surface area contributed by atoms with Crippen molar-refractivity contribution in [2.75, 3.05) is 24.1 Å². The molecule has 1 aromatic rings. The number of nitrogens with two attached hydrogens (primary N) is 1. The Labute approximate surface area is 119 Å². The molecule has 1 saturated heterocycles. The Morgan fingerprint density at radius 1 is 1.50 bits per heavy atom. The number of halogens is 1. The van der Waals surface area contributed by atoms with Gasteiger partial charge in [0.15, 0.2) is 0 Å². The number of rotatable bonds is 4. The minimum atomic E-state index is -0.460. The fourth-order valence-corrected chi connectivity index (χ4v) is 2.74. The molecular formula is C15H22FN3O. The van der Waals surface area contributed by atoms with Gasteiger partial charge in [-0.3, -0.25) is 9.69 Å². The molecule has 0 aliphatic carbocycles. The zero-order chi connectivity index (χ0) is 14.5. The SMILES string of the molecule is CCC1CCCCN1CC(=O)Nc1cc(N)ccc1F. The number of benzene rings is 1. The largest absolute Gasteiger partial charge is 0.399 e. The molecule has 20 heavy (non-hydrogen) atoms. The molecule has 1 amide bonds. The third-order valence-electron chi connectivity index (χ3n) is 3.83. The smallest absolute Gasteiger partial charge is 0.238 e. The standard InChI is InChI=1S/C15H22FN3O/c1-2-12-5-3-4-8-19(12)10-15(20)18-14-9-11(17)6-7-13(14)16/h6-7,9,12H,2-5,8,10,17H2,1H3,(H,18,20). The van der Waals surface area contributed by atoms with Gasteiger partial charge in [-0.05, 0) is 44.0 Å². The van der Waals surface area contributed by atoms with Gasteiger partial charge in [0.05, 0.1) is 12.2 Å². The maximum atomic E-state index is 13.6. The van der Waals surface area contributed by atoms with Crippen LogP contribution in [0.1, 0.15) is 32.6 Å². The van der Waals surface area contributed by atoms with Gasteiger partial charge in [-0.15, -0.1) is 0 Å². The van der Waals surface area contributed by atoms with E-state index in [4.69, 9.17) is 5.73 Å². The first kappa shape index (κ1) is 14.8. The first-order valence-electron chi connectivity index (χ1n) is 7.19. The maximum Gasteiger partial charge on any atom is 0.238 e. The van der Waals surface area contributed by atoms with Crippen molar-refractivity contribution in [3.05, 3.63) is 24.0 Å². The second-order valence-corrected chi connectivity index (χ2v) is 5.32. The second kappa shape index (κ2) is 6.70. The van der Waals surface area contributed by atoms with Crippen LogP contribution >= 0.6 is 0 Å². The van der Waals surface area contributed by atoms with Crippen LogP contribution in [0.25, 0.3) is 0 Å². The fraction of sp³-hybridized carbons (Fsp3) is 0.533. The van der Waals surface area contributed by atoms with Crippen LogP contribution in [0.2, 0.25) is 0 Å². The Bertz CT molecular complexity index is 478.